The molecule has 1 unspecified atom stereocenters. The van der Waals surface area contributed by atoms with Gasteiger partial charge >= 0.3 is 154 Å². The second-order valence-corrected chi connectivity index (χ2v) is 10.1. The summed E-state index contributed by atoms with van der Waals surface area (Å²) >= 11 is 3.94. The molecule has 0 saturated carbocycles. The molecule has 0 N–H and O–H groups in total. The molecule has 0 radical (unpaired) electrons. The molecular formula is C23H20ClNZr. The number of benzene rings is 2. The fourth-order valence-corrected chi connectivity index (χ4v) is 7.62. The van der Waals surface area contributed by atoms with Gasteiger partial charge in [0.1, 0.15) is 0 Å². The maximum atomic E-state index is 4.64. The Kier molecular flexibility index (Phi) is 5.43. The Bertz CT molecular complexity index is 1030. The average molecular weight is 437 g/mol. The Hall–Kier alpha value is -1.63. The Labute approximate surface area is 171 Å². The van der Waals surface area contributed by atoms with E-state index in [0.29, 0.717) is 3.63 Å². The van der Waals surface area contributed by atoms with Crippen molar-refractivity contribution in [1.82, 2.24) is 4.57 Å². The smallest absolute Gasteiger partial charge is 0.0108 e. The van der Waals surface area contributed by atoms with Gasteiger partial charge in [-0.25, -0.2) is 0 Å². The van der Waals surface area contributed by atoms with Gasteiger partial charge in [0.25, 0.3) is 0 Å². The minimum Gasteiger partial charge on any atom is -0.130 e. The molecule has 2 aliphatic carbocycles. The average Bonchev–Trinajstić information content (AvgIpc) is 3.43. The van der Waals surface area contributed by atoms with Crippen LogP contribution < -0.4 is 0 Å². The molecule has 2 aromatic carbocycles. The second kappa shape index (κ2) is 7.95. The zero-order valence-electron chi connectivity index (χ0n) is 14.7. The van der Waals surface area contributed by atoms with Gasteiger partial charge in [0.05, 0.1) is 0 Å². The third-order valence-corrected chi connectivity index (χ3v) is 8.91. The quantitative estimate of drug-likeness (QED) is 0.414. The van der Waals surface area contributed by atoms with E-state index in [9.17, 15) is 0 Å². The molecule has 2 aliphatic rings. The minimum absolute atomic E-state index is 0.603. The number of halogens is 1. The standard InChI is InChI=1S/C17H12N.C5H5.CH3Cl.Zr/c1-2-7-15-12-16(11-14(15)6-1)18-10-9-13-5-3-4-8-17(13)18;1-2-4-5-3-1;1-2;/h1-12H;1-3H,4H2;1H3;. The van der Waals surface area contributed by atoms with Gasteiger partial charge in [-0.1, -0.05) is 0 Å². The molecule has 3 heteroatoms. The van der Waals surface area contributed by atoms with Crippen LogP contribution in [-0.2, 0) is 23.2 Å². The van der Waals surface area contributed by atoms with Gasteiger partial charge in [-0.15, -0.1) is 11.6 Å². The van der Waals surface area contributed by atoms with Crippen molar-refractivity contribution in [2.75, 3.05) is 6.38 Å². The van der Waals surface area contributed by atoms with E-state index in [-0.39, 0.29) is 0 Å². The summed E-state index contributed by atoms with van der Waals surface area (Å²) in [6, 6.07) is 19.9. The normalized spacial score (nSPS) is 17.4. The fraction of sp³-hybridized carbons (Fsp3) is 0.130. The molecule has 0 amide bonds. The second-order valence-electron chi connectivity index (χ2n) is 6.34. The summed E-state index contributed by atoms with van der Waals surface area (Å²) in [7, 11) is 0. The molecule has 0 bridgehead atoms. The first kappa shape index (κ1) is 17.8. The van der Waals surface area contributed by atoms with E-state index in [2.05, 4.69) is 101 Å². The topological polar surface area (TPSA) is 4.93 Å². The number of hydrogen-bond donors (Lipinski definition) is 0. The third kappa shape index (κ3) is 3.22. The fourth-order valence-electron chi connectivity index (χ4n) is 3.72. The summed E-state index contributed by atoms with van der Waals surface area (Å²) in [6.45, 7) is 0. The molecule has 1 nitrogen and oxygen atoms in total. The van der Waals surface area contributed by atoms with Crippen LogP contribution in [0.1, 0.15) is 21.2 Å². The number of hydrogen-bond acceptors (Lipinski definition) is 0. The van der Waals surface area contributed by atoms with Gasteiger partial charge in [-0.2, -0.15) is 0 Å². The molecule has 0 saturated heterocycles. The number of para-hydroxylation sites is 1. The SMILES string of the molecule is C1=CC[C]([Zr][CH]2C(n3ccc4ccccc43)=Cc3ccccc32)=C1.CCl. The summed E-state index contributed by atoms with van der Waals surface area (Å²) in [5, 5.41) is 1.32. The van der Waals surface area contributed by atoms with Gasteiger partial charge in [-0.3, -0.25) is 0 Å². The van der Waals surface area contributed by atoms with Crippen molar-refractivity contribution in [3.8, 4) is 0 Å². The van der Waals surface area contributed by atoms with E-state index >= 15 is 0 Å². The number of fused-ring (bicyclic) bond motifs is 2. The molecule has 0 spiro atoms. The number of nitrogens with zero attached hydrogens (tertiary/aromatic N) is 1. The van der Waals surface area contributed by atoms with Crippen LogP contribution in [-0.4, -0.2) is 11.0 Å². The van der Waals surface area contributed by atoms with Crippen molar-refractivity contribution in [3.05, 3.63) is 93.4 Å². The Morgan fingerprint density at radius 2 is 1.81 bits per heavy atom. The third-order valence-electron chi connectivity index (χ3n) is 4.88. The summed E-state index contributed by atoms with van der Waals surface area (Å²) in [5.74, 6) is 0. The molecule has 26 heavy (non-hydrogen) atoms. The van der Waals surface area contributed by atoms with Crippen LogP contribution in [0.5, 0.6) is 0 Å². The number of rotatable bonds is 3. The number of aromatic nitrogens is 1. The van der Waals surface area contributed by atoms with Crippen molar-refractivity contribution in [2.24, 2.45) is 0 Å². The molecule has 128 valence electrons. The Balaban J connectivity index is 0.000000814. The van der Waals surface area contributed by atoms with E-state index in [1.807, 2.05) is 0 Å². The molecule has 3 aromatic rings. The van der Waals surface area contributed by atoms with Crippen LogP contribution in [0.15, 0.2) is 82.3 Å². The van der Waals surface area contributed by atoms with Crippen LogP contribution >= 0.6 is 11.6 Å². The van der Waals surface area contributed by atoms with Gasteiger partial charge in [0.15, 0.2) is 0 Å². The Morgan fingerprint density at radius 3 is 2.65 bits per heavy atom. The first-order valence-corrected chi connectivity index (χ1v) is 12.2. The van der Waals surface area contributed by atoms with Crippen molar-refractivity contribution in [3.63, 3.8) is 0 Å². The van der Waals surface area contributed by atoms with Crippen LogP contribution in [0.4, 0.5) is 0 Å². The molecule has 0 aliphatic heterocycles. The van der Waals surface area contributed by atoms with Crippen molar-refractivity contribution >= 4 is 34.3 Å². The Morgan fingerprint density at radius 1 is 1.00 bits per heavy atom. The zero-order chi connectivity index (χ0) is 17.9. The molecule has 0 fully saturated rings. The zero-order valence-corrected chi connectivity index (χ0v) is 17.9. The molecule has 1 atom stereocenters. The van der Waals surface area contributed by atoms with Gasteiger partial charge in [0.2, 0.25) is 0 Å². The van der Waals surface area contributed by atoms with Crippen molar-refractivity contribution < 1.29 is 23.2 Å². The van der Waals surface area contributed by atoms with Gasteiger partial charge < -0.3 is 0 Å². The first-order chi connectivity index (χ1) is 12.9. The maximum Gasteiger partial charge on any atom is 0.0108 e. The van der Waals surface area contributed by atoms with Crippen LogP contribution in [0.2, 0.25) is 0 Å². The maximum absolute atomic E-state index is 4.64. The van der Waals surface area contributed by atoms with E-state index < -0.39 is 23.2 Å². The van der Waals surface area contributed by atoms with Gasteiger partial charge in [0, 0.05) is 6.38 Å². The molecule has 1 heterocycles. The van der Waals surface area contributed by atoms with E-state index in [4.69, 9.17) is 0 Å². The van der Waals surface area contributed by atoms with E-state index in [1.54, 1.807) is 3.28 Å². The molecule has 1 aromatic heterocycles. The summed E-state index contributed by atoms with van der Waals surface area (Å²) in [5.41, 5.74) is 5.73. The van der Waals surface area contributed by atoms with Crippen LogP contribution in [0, 0.1) is 0 Å². The summed E-state index contributed by atoms with van der Waals surface area (Å²) in [4.78, 5) is 0. The number of alkyl halides is 1. The predicted molar refractivity (Wildman–Crippen MR) is 109 cm³/mol. The largest absolute Gasteiger partial charge is 0.130 e. The first-order valence-electron chi connectivity index (χ1n) is 8.77. The van der Waals surface area contributed by atoms with Crippen LogP contribution in [0.25, 0.3) is 22.7 Å². The number of allylic oxidation sites excluding steroid dienone is 5. The van der Waals surface area contributed by atoms with Crippen LogP contribution in [0.3, 0.4) is 0 Å². The molecule has 5 rings (SSSR count). The minimum atomic E-state index is -0.700. The van der Waals surface area contributed by atoms with E-state index in [1.165, 1.54) is 40.5 Å². The van der Waals surface area contributed by atoms with Gasteiger partial charge in [-0.05, 0) is 0 Å². The van der Waals surface area contributed by atoms with Crippen molar-refractivity contribution in [2.45, 2.75) is 10.0 Å². The van der Waals surface area contributed by atoms with Crippen molar-refractivity contribution in [1.29, 1.82) is 0 Å². The summed E-state index contributed by atoms with van der Waals surface area (Å²) < 4.78 is 4.72. The predicted octanol–water partition coefficient (Wildman–Crippen LogP) is 6.48. The van der Waals surface area contributed by atoms with E-state index in [0.717, 1.165) is 0 Å². The molecular weight excluding hydrogens is 417 g/mol. The monoisotopic (exact) mass is 435 g/mol. The summed E-state index contributed by atoms with van der Waals surface area (Å²) in [6.07, 6.45) is 14.2.